The van der Waals surface area contributed by atoms with Crippen LogP contribution in [-0.2, 0) is 4.74 Å². The first-order chi connectivity index (χ1) is 9.62. The molecule has 0 aliphatic carbocycles. The molecule has 0 aliphatic rings. The van der Waals surface area contributed by atoms with Gasteiger partial charge in [-0.2, -0.15) is 0 Å². The molecule has 0 saturated heterocycles. The summed E-state index contributed by atoms with van der Waals surface area (Å²) in [7, 11) is 1.65. The summed E-state index contributed by atoms with van der Waals surface area (Å²) in [6.07, 6.45) is 1.92. The molecular weight excluding hydrogens is 254 g/mol. The fraction of sp³-hybridized carbons (Fsp3) is 0.562. The molecule has 0 radical (unpaired) electrons. The second kappa shape index (κ2) is 8.59. The number of nitrogens with one attached hydrogen (secondary N) is 1. The molecular formula is C16H25NO3. The largest absolute Gasteiger partial charge is 0.494 e. The van der Waals surface area contributed by atoms with E-state index >= 15 is 0 Å². The second-order valence-electron chi connectivity index (χ2n) is 4.83. The highest BCUT2D eigenvalue weighted by Gasteiger charge is 2.14. The summed E-state index contributed by atoms with van der Waals surface area (Å²) in [4.78, 5) is 12.2. The smallest absolute Gasteiger partial charge is 0.251 e. The van der Waals surface area contributed by atoms with E-state index in [1.807, 2.05) is 26.0 Å². The molecule has 0 aromatic heterocycles. The number of aryl methyl sites for hydroxylation is 1. The molecule has 0 fully saturated rings. The Morgan fingerprint density at radius 3 is 2.65 bits per heavy atom. The fourth-order valence-electron chi connectivity index (χ4n) is 2.12. The number of rotatable bonds is 8. The van der Waals surface area contributed by atoms with E-state index < -0.39 is 0 Å². The first-order valence-electron chi connectivity index (χ1n) is 7.15. The number of carbonyl (C=O) groups is 1. The van der Waals surface area contributed by atoms with Crippen molar-refractivity contribution in [3.63, 3.8) is 0 Å². The van der Waals surface area contributed by atoms with E-state index in [2.05, 4.69) is 12.2 Å². The van der Waals surface area contributed by atoms with Crippen LogP contribution in [0.15, 0.2) is 18.2 Å². The first-order valence-corrected chi connectivity index (χ1v) is 7.15. The predicted octanol–water partition coefficient (Wildman–Crippen LogP) is 2.94. The summed E-state index contributed by atoms with van der Waals surface area (Å²) in [6.45, 7) is 7.14. The molecule has 1 N–H and O–H groups in total. The van der Waals surface area contributed by atoms with Gasteiger partial charge in [-0.25, -0.2) is 0 Å². The molecule has 1 aromatic rings. The molecule has 112 valence electrons. The standard InChI is InChI=1S/C16H25NO3/c1-5-7-14(11-19-4)17-16(18)13-8-9-15(20-6-2)12(3)10-13/h8-10,14H,5-7,11H2,1-4H3,(H,17,18). The summed E-state index contributed by atoms with van der Waals surface area (Å²) < 4.78 is 10.6. The van der Waals surface area contributed by atoms with Crippen molar-refractivity contribution in [1.82, 2.24) is 5.32 Å². The summed E-state index contributed by atoms with van der Waals surface area (Å²) in [5, 5.41) is 3.01. The monoisotopic (exact) mass is 279 g/mol. The van der Waals surface area contributed by atoms with Gasteiger partial charge in [0.25, 0.3) is 5.91 Å². The van der Waals surface area contributed by atoms with Gasteiger partial charge in [0.05, 0.1) is 19.3 Å². The fourth-order valence-corrected chi connectivity index (χ4v) is 2.12. The van der Waals surface area contributed by atoms with Crippen molar-refractivity contribution in [2.45, 2.75) is 39.7 Å². The topological polar surface area (TPSA) is 47.6 Å². The van der Waals surface area contributed by atoms with Gasteiger partial charge in [0, 0.05) is 12.7 Å². The van der Waals surface area contributed by atoms with E-state index in [9.17, 15) is 4.79 Å². The van der Waals surface area contributed by atoms with Crippen LogP contribution in [0.25, 0.3) is 0 Å². The Morgan fingerprint density at radius 2 is 2.10 bits per heavy atom. The van der Waals surface area contributed by atoms with E-state index in [0.717, 1.165) is 24.2 Å². The molecule has 1 aromatic carbocycles. The molecule has 1 atom stereocenters. The molecule has 4 heteroatoms. The van der Waals surface area contributed by atoms with Crippen LogP contribution in [0.1, 0.15) is 42.6 Å². The molecule has 0 heterocycles. The van der Waals surface area contributed by atoms with E-state index in [0.29, 0.717) is 18.8 Å². The minimum atomic E-state index is -0.0633. The Kier molecular flexibility index (Phi) is 7.09. The van der Waals surface area contributed by atoms with Gasteiger partial charge in [0.1, 0.15) is 5.75 Å². The average molecular weight is 279 g/mol. The quantitative estimate of drug-likeness (QED) is 0.796. The van der Waals surface area contributed by atoms with Gasteiger partial charge in [-0.1, -0.05) is 13.3 Å². The van der Waals surface area contributed by atoms with Gasteiger partial charge in [-0.05, 0) is 44.0 Å². The summed E-state index contributed by atoms with van der Waals surface area (Å²) in [5.41, 5.74) is 1.63. The molecule has 1 rings (SSSR count). The Labute approximate surface area is 121 Å². The molecule has 20 heavy (non-hydrogen) atoms. The second-order valence-corrected chi connectivity index (χ2v) is 4.83. The molecule has 0 spiro atoms. The molecule has 0 aliphatic heterocycles. The minimum Gasteiger partial charge on any atom is -0.494 e. The van der Waals surface area contributed by atoms with Crippen LogP contribution in [0, 0.1) is 6.92 Å². The lowest BCUT2D eigenvalue weighted by Gasteiger charge is -2.17. The van der Waals surface area contributed by atoms with Crippen LogP contribution in [0.5, 0.6) is 5.75 Å². The van der Waals surface area contributed by atoms with E-state index in [1.54, 1.807) is 13.2 Å². The summed E-state index contributed by atoms with van der Waals surface area (Å²) in [6, 6.07) is 5.56. The zero-order valence-corrected chi connectivity index (χ0v) is 12.9. The highest BCUT2D eigenvalue weighted by molar-refractivity contribution is 5.94. The number of ether oxygens (including phenoxy) is 2. The van der Waals surface area contributed by atoms with Crippen molar-refractivity contribution in [2.24, 2.45) is 0 Å². The van der Waals surface area contributed by atoms with Crippen LogP contribution in [-0.4, -0.2) is 32.3 Å². The Balaban J connectivity index is 2.73. The molecule has 4 nitrogen and oxygen atoms in total. The van der Waals surface area contributed by atoms with Crippen LogP contribution in [0.4, 0.5) is 0 Å². The molecule has 1 amide bonds. The number of methoxy groups -OCH3 is 1. The Morgan fingerprint density at radius 1 is 1.35 bits per heavy atom. The Bertz CT molecular complexity index is 426. The summed E-state index contributed by atoms with van der Waals surface area (Å²) in [5.74, 6) is 0.762. The van der Waals surface area contributed by atoms with Gasteiger partial charge in [0.15, 0.2) is 0 Å². The molecule has 1 unspecified atom stereocenters. The lowest BCUT2D eigenvalue weighted by Crippen LogP contribution is -2.37. The van der Waals surface area contributed by atoms with Crippen molar-refractivity contribution in [3.05, 3.63) is 29.3 Å². The minimum absolute atomic E-state index is 0.0596. The summed E-state index contributed by atoms with van der Waals surface area (Å²) >= 11 is 0. The highest BCUT2D eigenvalue weighted by Crippen LogP contribution is 2.19. The van der Waals surface area contributed by atoms with Gasteiger partial charge in [-0.3, -0.25) is 4.79 Å². The lowest BCUT2D eigenvalue weighted by atomic mass is 10.1. The number of hydrogen-bond acceptors (Lipinski definition) is 3. The van der Waals surface area contributed by atoms with Crippen molar-refractivity contribution in [2.75, 3.05) is 20.3 Å². The van der Waals surface area contributed by atoms with Crippen molar-refractivity contribution in [1.29, 1.82) is 0 Å². The number of carbonyl (C=O) groups excluding carboxylic acids is 1. The third-order valence-electron chi connectivity index (χ3n) is 3.08. The van der Waals surface area contributed by atoms with Crippen LogP contribution < -0.4 is 10.1 Å². The third kappa shape index (κ3) is 4.85. The third-order valence-corrected chi connectivity index (χ3v) is 3.08. The van der Waals surface area contributed by atoms with Crippen molar-refractivity contribution < 1.29 is 14.3 Å². The average Bonchev–Trinajstić information content (AvgIpc) is 2.41. The lowest BCUT2D eigenvalue weighted by molar-refractivity contribution is 0.0891. The normalized spacial score (nSPS) is 12.0. The van der Waals surface area contributed by atoms with Crippen molar-refractivity contribution >= 4 is 5.91 Å². The van der Waals surface area contributed by atoms with Gasteiger partial charge in [-0.15, -0.1) is 0 Å². The van der Waals surface area contributed by atoms with Gasteiger partial charge >= 0.3 is 0 Å². The predicted molar refractivity (Wildman–Crippen MR) is 80.4 cm³/mol. The maximum Gasteiger partial charge on any atom is 0.251 e. The maximum atomic E-state index is 12.2. The van der Waals surface area contributed by atoms with E-state index in [4.69, 9.17) is 9.47 Å². The number of benzene rings is 1. The van der Waals surface area contributed by atoms with Crippen LogP contribution in [0.3, 0.4) is 0 Å². The number of hydrogen-bond donors (Lipinski definition) is 1. The van der Waals surface area contributed by atoms with Crippen LogP contribution >= 0.6 is 0 Å². The first kappa shape index (κ1) is 16.5. The van der Waals surface area contributed by atoms with E-state index in [1.165, 1.54) is 0 Å². The van der Waals surface area contributed by atoms with Crippen molar-refractivity contribution in [3.8, 4) is 5.75 Å². The molecule has 0 bridgehead atoms. The zero-order valence-electron chi connectivity index (χ0n) is 12.9. The SMILES string of the molecule is CCCC(COC)NC(=O)c1ccc(OCC)c(C)c1. The highest BCUT2D eigenvalue weighted by atomic mass is 16.5. The maximum absolute atomic E-state index is 12.2. The van der Waals surface area contributed by atoms with Crippen LogP contribution in [0.2, 0.25) is 0 Å². The number of amides is 1. The molecule has 0 saturated carbocycles. The Hall–Kier alpha value is -1.55. The zero-order chi connectivity index (χ0) is 15.0. The van der Waals surface area contributed by atoms with Gasteiger partial charge < -0.3 is 14.8 Å². The van der Waals surface area contributed by atoms with E-state index in [-0.39, 0.29) is 11.9 Å². The van der Waals surface area contributed by atoms with Gasteiger partial charge in [0.2, 0.25) is 0 Å².